The highest BCUT2D eigenvalue weighted by molar-refractivity contribution is 7.89. The van der Waals surface area contributed by atoms with Crippen LogP contribution in [0.5, 0.6) is 5.75 Å². The van der Waals surface area contributed by atoms with Crippen LogP contribution in [0, 0.1) is 5.92 Å². The number of hydrogen-bond acceptors (Lipinski definition) is 5. The minimum atomic E-state index is -3.63. The largest absolute Gasteiger partial charge is 0.497 e. The number of piperidine rings is 1. The van der Waals surface area contributed by atoms with E-state index in [0.717, 1.165) is 22.7 Å². The summed E-state index contributed by atoms with van der Waals surface area (Å²) in [6.07, 6.45) is 2.49. The van der Waals surface area contributed by atoms with Crippen LogP contribution in [0.25, 0.3) is 0 Å². The van der Waals surface area contributed by atoms with E-state index >= 15 is 0 Å². The summed E-state index contributed by atoms with van der Waals surface area (Å²) in [6.45, 7) is 2.64. The molecule has 1 aliphatic rings. The Hall–Kier alpha value is -2.91. The first-order valence-corrected chi connectivity index (χ1v) is 12.9. The van der Waals surface area contributed by atoms with Crippen LogP contribution in [-0.2, 0) is 19.6 Å². The molecular weight excluding hydrogens is 454 g/mol. The minimum absolute atomic E-state index is 0.0393. The van der Waals surface area contributed by atoms with Crippen LogP contribution in [0.1, 0.15) is 44.2 Å². The molecule has 0 saturated carbocycles. The Labute approximate surface area is 201 Å². The Morgan fingerprint density at radius 3 is 2.50 bits per heavy atom. The second kappa shape index (κ2) is 11.0. The van der Waals surface area contributed by atoms with Crippen molar-refractivity contribution < 1.29 is 22.7 Å². The molecule has 1 fully saturated rings. The van der Waals surface area contributed by atoms with Gasteiger partial charge in [0, 0.05) is 32.7 Å². The monoisotopic (exact) mass is 487 g/mol. The van der Waals surface area contributed by atoms with Gasteiger partial charge in [0.25, 0.3) is 0 Å². The maximum absolute atomic E-state index is 13.5. The van der Waals surface area contributed by atoms with Crippen molar-refractivity contribution in [2.45, 2.75) is 43.5 Å². The number of methoxy groups -OCH3 is 1. The van der Waals surface area contributed by atoms with Gasteiger partial charge in [-0.1, -0.05) is 31.5 Å². The average molecular weight is 488 g/mol. The van der Waals surface area contributed by atoms with Crippen molar-refractivity contribution in [3.63, 3.8) is 0 Å². The zero-order valence-electron chi connectivity index (χ0n) is 20.2. The molecule has 2 aromatic rings. The minimum Gasteiger partial charge on any atom is -0.497 e. The predicted octanol–water partition coefficient (Wildman–Crippen LogP) is 3.66. The number of carbonyl (C=O) groups excluding carboxylic acids is 2. The third kappa shape index (κ3) is 5.59. The van der Waals surface area contributed by atoms with Crippen LogP contribution in [0.4, 0.5) is 5.69 Å². The number of carbonyl (C=O) groups is 2. The molecule has 34 heavy (non-hydrogen) atoms. The lowest BCUT2D eigenvalue weighted by Gasteiger charge is -2.41. The molecule has 1 saturated heterocycles. The van der Waals surface area contributed by atoms with Crippen LogP contribution in [0.3, 0.4) is 0 Å². The van der Waals surface area contributed by atoms with Gasteiger partial charge in [0.1, 0.15) is 5.75 Å². The summed E-state index contributed by atoms with van der Waals surface area (Å²) in [4.78, 5) is 28.2. The van der Waals surface area contributed by atoms with E-state index in [1.807, 2.05) is 29.2 Å². The van der Waals surface area contributed by atoms with Gasteiger partial charge in [-0.25, -0.2) is 12.7 Å². The van der Waals surface area contributed by atoms with Gasteiger partial charge in [0.05, 0.1) is 24.0 Å². The maximum atomic E-state index is 13.5. The van der Waals surface area contributed by atoms with Gasteiger partial charge in [-0.15, -0.1) is 0 Å². The number of anilines is 1. The number of benzene rings is 2. The third-order valence-corrected chi connectivity index (χ3v) is 7.94. The molecule has 0 spiro atoms. The smallest absolute Gasteiger partial charge is 0.242 e. The molecule has 0 bridgehead atoms. The summed E-state index contributed by atoms with van der Waals surface area (Å²) < 4.78 is 31.4. The van der Waals surface area contributed by atoms with E-state index in [2.05, 4.69) is 12.2 Å². The molecule has 1 N–H and O–H groups in total. The van der Waals surface area contributed by atoms with Crippen molar-refractivity contribution >= 4 is 27.5 Å². The summed E-state index contributed by atoms with van der Waals surface area (Å²) >= 11 is 0. The first-order chi connectivity index (χ1) is 16.2. The lowest BCUT2D eigenvalue weighted by atomic mass is 9.83. The molecule has 2 unspecified atom stereocenters. The van der Waals surface area contributed by atoms with E-state index in [1.54, 1.807) is 19.2 Å². The van der Waals surface area contributed by atoms with Crippen molar-refractivity contribution in [1.82, 2.24) is 9.21 Å². The lowest BCUT2D eigenvalue weighted by Crippen LogP contribution is -2.47. The molecule has 9 heteroatoms. The van der Waals surface area contributed by atoms with Gasteiger partial charge in [-0.05, 0) is 48.7 Å². The fourth-order valence-electron chi connectivity index (χ4n) is 4.21. The van der Waals surface area contributed by atoms with E-state index in [4.69, 9.17) is 4.74 Å². The van der Waals surface area contributed by atoms with E-state index in [9.17, 15) is 18.0 Å². The molecular formula is C25H33N3O5S. The van der Waals surface area contributed by atoms with E-state index in [0.29, 0.717) is 30.8 Å². The van der Waals surface area contributed by atoms with Gasteiger partial charge in [0.2, 0.25) is 21.8 Å². The van der Waals surface area contributed by atoms with Gasteiger partial charge in [-0.2, -0.15) is 0 Å². The zero-order valence-corrected chi connectivity index (χ0v) is 21.0. The standard InChI is InChI=1S/C25H33N3O5S/c1-5-6-16-28-23(29)15-14-22(24(28)18-10-12-20(33-4)13-11-18)25(30)26-19-8-7-9-21(17-19)34(31,32)27(2)3/h7-13,17,22,24H,5-6,14-16H2,1-4H3,(H,26,30). The number of sulfonamides is 1. The normalized spacial score (nSPS) is 18.7. The zero-order chi connectivity index (χ0) is 24.9. The van der Waals surface area contributed by atoms with Crippen molar-refractivity contribution in [3.05, 3.63) is 54.1 Å². The topological polar surface area (TPSA) is 96.0 Å². The highest BCUT2D eigenvalue weighted by Crippen LogP contribution is 2.38. The lowest BCUT2D eigenvalue weighted by molar-refractivity contribution is -0.142. The second-order valence-electron chi connectivity index (χ2n) is 8.61. The predicted molar refractivity (Wildman–Crippen MR) is 131 cm³/mol. The Kier molecular flexibility index (Phi) is 8.33. The van der Waals surface area contributed by atoms with Gasteiger partial charge >= 0.3 is 0 Å². The molecule has 0 aromatic heterocycles. The fraction of sp³-hybridized carbons (Fsp3) is 0.440. The van der Waals surface area contributed by atoms with E-state index in [1.165, 1.54) is 26.2 Å². The number of likely N-dealkylation sites (tertiary alicyclic amines) is 1. The summed E-state index contributed by atoms with van der Waals surface area (Å²) in [6, 6.07) is 13.3. The van der Waals surface area contributed by atoms with Crippen LogP contribution in [0.2, 0.25) is 0 Å². The van der Waals surface area contributed by atoms with Gasteiger partial charge in [0.15, 0.2) is 0 Å². The van der Waals surface area contributed by atoms with E-state index in [-0.39, 0.29) is 16.7 Å². The number of hydrogen-bond donors (Lipinski definition) is 1. The Balaban J connectivity index is 1.92. The number of nitrogens with zero attached hydrogens (tertiary/aromatic N) is 2. The molecule has 3 rings (SSSR count). The molecule has 0 radical (unpaired) electrons. The third-order valence-electron chi connectivity index (χ3n) is 6.13. The summed E-state index contributed by atoms with van der Waals surface area (Å²) in [5.74, 6) is 0.0228. The average Bonchev–Trinajstić information content (AvgIpc) is 2.83. The first kappa shape index (κ1) is 25.7. The SMILES string of the molecule is CCCCN1C(=O)CCC(C(=O)Nc2cccc(S(=O)(=O)N(C)C)c2)C1c1ccc(OC)cc1. The number of nitrogens with one attached hydrogen (secondary N) is 1. The van der Waals surface area contributed by atoms with Crippen LogP contribution in [-0.4, -0.2) is 57.2 Å². The molecule has 0 aliphatic carbocycles. The number of ether oxygens (including phenoxy) is 1. The Morgan fingerprint density at radius 1 is 1.18 bits per heavy atom. The van der Waals surface area contributed by atoms with Gasteiger partial charge in [-0.3, -0.25) is 9.59 Å². The molecule has 184 valence electrons. The van der Waals surface area contributed by atoms with Crippen molar-refractivity contribution in [2.75, 3.05) is 33.1 Å². The highest BCUT2D eigenvalue weighted by Gasteiger charge is 2.40. The molecule has 2 aromatic carbocycles. The molecule has 1 heterocycles. The number of amides is 2. The van der Waals surface area contributed by atoms with Crippen LogP contribution < -0.4 is 10.1 Å². The number of unbranched alkanes of at least 4 members (excludes halogenated alkanes) is 1. The summed E-state index contributed by atoms with van der Waals surface area (Å²) in [5, 5.41) is 2.89. The highest BCUT2D eigenvalue weighted by atomic mass is 32.2. The second-order valence-corrected chi connectivity index (χ2v) is 10.8. The Morgan fingerprint density at radius 2 is 1.88 bits per heavy atom. The summed E-state index contributed by atoms with van der Waals surface area (Å²) in [7, 11) is 0.886. The Bertz CT molecular complexity index is 1120. The van der Waals surface area contributed by atoms with Crippen LogP contribution >= 0.6 is 0 Å². The van der Waals surface area contributed by atoms with Crippen molar-refractivity contribution in [1.29, 1.82) is 0 Å². The first-order valence-electron chi connectivity index (χ1n) is 11.5. The van der Waals surface area contributed by atoms with Crippen molar-refractivity contribution in [2.24, 2.45) is 5.92 Å². The maximum Gasteiger partial charge on any atom is 0.242 e. The van der Waals surface area contributed by atoms with Gasteiger partial charge < -0.3 is 15.0 Å². The molecule has 2 atom stereocenters. The fourth-order valence-corrected chi connectivity index (χ4v) is 5.16. The molecule has 2 amide bonds. The molecule has 8 nitrogen and oxygen atoms in total. The molecule has 1 aliphatic heterocycles. The summed E-state index contributed by atoms with van der Waals surface area (Å²) in [5.41, 5.74) is 1.27. The quantitative estimate of drug-likeness (QED) is 0.582. The van der Waals surface area contributed by atoms with Crippen LogP contribution in [0.15, 0.2) is 53.4 Å². The number of rotatable bonds is 9. The van der Waals surface area contributed by atoms with E-state index < -0.39 is 22.0 Å². The van der Waals surface area contributed by atoms with Crippen molar-refractivity contribution in [3.8, 4) is 5.75 Å².